The first kappa shape index (κ1) is 17.8. The van der Waals surface area contributed by atoms with Crippen molar-refractivity contribution < 1.29 is 22.7 Å². The first-order valence-corrected chi connectivity index (χ1v) is 8.20. The number of likely N-dealkylation sites (tertiary alicyclic amines) is 1. The topological polar surface area (TPSA) is 58.6 Å². The second-order valence-corrected chi connectivity index (χ2v) is 7.45. The number of fused-ring (bicyclic) bond motifs is 2. The Bertz CT molecular complexity index is 628. The molecule has 0 N–H and O–H groups in total. The number of anilines is 1. The van der Waals surface area contributed by atoms with Crippen LogP contribution in [0.25, 0.3) is 0 Å². The van der Waals surface area contributed by atoms with Crippen LogP contribution in [0.15, 0.2) is 12.4 Å². The molecule has 0 saturated carbocycles. The van der Waals surface area contributed by atoms with Crippen LogP contribution in [0.1, 0.15) is 39.2 Å². The van der Waals surface area contributed by atoms with E-state index in [1.165, 1.54) is 0 Å². The molecule has 2 unspecified atom stereocenters. The van der Waals surface area contributed by atoms with Crippen molar-refractivity contribution in [2.75, 3.05) is 18.0 Å². The molecular formula is C16H21F3N4O2. The van der Waals surface area contributed by atoms with E-state index in [9.17, 15) is 18.0 Å². The quantitative estimate of drug-likeness (QED) is 0.772. The molecule has 2 saturated heterocycles. The van der Waals surface area contributed by atoms with Gasteiger partial charge in [0.25, 0.3) is 0 Å². The molecule has 1 amide bonds. The van der Waals surface area contributed by atoms with Crippen molar-refractivity contribution in [2.24, 2.45) is 0 Å². The minimum Gasteiger partial charge on any atom is -0.444 e. The van der Waals surface area contributed by atoms with E-state index in [2.05, 4.69) is 9.97 Å². The molecule has 2 aliphatic heterocycles. The van der Waals surface area contributed by atoms with E-state index in [0.717, 1.165) is 25.2 Å². The number of amides is 1. The molecule has 0 aliphatic carbocycles. The van der Waals surface area contributed by atoms with E-state index in [4.69, 9.17) is 4.74 Å². The lowest BCUT2D eigenvalue weighted by molar-refractivity contribution is -0.138. The molecule has 3 heterocycles. The summed E-state index contributed by atoms with van der Waals surface area (Å²) in [6.45, 7) is 6.34. The van der Waals surface area contributed by atoms with Crippen molar-refractivity contribution in [3.8, 4) is 0 Å². The third-order valence-electron chi connectivity index (χ3n) is 4.33. The van der Waals surface area contributed by atoms with Crippen LogP contribution < -0.4 is 4.90 Å². The maximum Gasteiger partial charge on any atom is 0.419 e. The summed E-state index contributed by atoms with van der Waals surface area (Å²) < 4.78 is 43.4. The summed E-state index contributed by atoms with van der Waals surface area (Å²) in [6, 6.07) is -0.0222. The van der Waals surface area contributed by atoms with Gasteiger partial charge < -0.3 is 14.5 Å². The zero-order chi connectivity index (χ0) is 18.4. The average molecular weight is 358 g/mol. The molecule has 0 spiro atoms. The molecule has 2 fully saturated rings. The predicted molar refractivity (Wildman–Crippen MR) is 84.1 cm³/mol. The number of hydrogen-bond donors (Lipinski definition) is 0. The van der Waals surface area contributed by atoms with Gasteiger partial charge in [0, 0.05) is 25.5 Å². The number of hydrogen-bond acceptors (Lipinski definition) is 5. The number of aromatic nitrogens is 2. The maximum atomic E-state index is 12.7. The fraction of sp³-hybridized carbons (Fsp3) is 0.688. The van der Waals surface area contributed by atoms with E-state index < -0.39 is 17.3 Å². The molecule has 0 radical (unpaired) electrons. The van der Waals surface area contributed by atoms with Crippen LogP contribution in [0.2, 0.25) is 0 Å². The predicted octanol–water partition coefficient (Wildman–Crippen LogP) is 3.08. The number of rotatable bonds is 1. The van der Waals surface area contributed by atoms with E-state index in [1.54, 1.807) is 4.90 Å². The van der Waals surface area contributed by atoms with Crippen LogP contribution in [0.4, 0.5) is 23.9 Å². The van der Waals surface area contributed by atoms with Crippen LogP contribution in [0, 0.1) is 0 Å². The van der Waals surface area contributed by atoms with Gasteiger partial charge in [0.2, 0.25) is 5.95 Å². The first-order chi connectivity index (χ1) is 11.5. The van der Waals surface area contributed by atoms with E-state index in [-0.39, 0.29) is 24.1 Å². The van der Waals surface area contributed by atoms with Gasteiger partial charge in [0.05, 0.1) is 17.6 Å². The van der Waals surface area contributed by atoms with Gasteiger partial charge in [-0.1, -0.05) is 0 Å². The third-order valence-corrected chi connectivity index (χ3v) is 4.33. The minimum absolute atomic E-state index is 0.0111. The summed E-state index contributed by atoms with van der Waals surface area (Å²) in [5, 5.41) is 0. The number of halogens is 3. The smallest absolute Gasteiger partial charge is 0.419 e. The zero-order valence-corrected chi connectivity index (χ0v) is 14.4. The van der Waals surface area contributed by atoms with Gasteiger partial charge in [-0.05, 0) is 33.6 Å². The molecule has 0 aromatic carbocycles. The van der Waals surface area contributed by atoms with Crippen LogP contribution in [0.5, 0.6) is 0 Å². The number of carbonyl (C=O) groups excluding carboxylic acids is 1. The molecule has 6 nitrogen and oxygen atoms in total. The Hall–Kier alpha value is -2.06. The first-order valence-electron chi connectivity index (χ1n) is 8.20. The Morgan fingerprint density at radius 1 is 1.12 bits per heavy atom. The van der Waals surface area contributed by atoms with E-state index in [1.807, 2.05) is 25.7 Å². The van der Waals surface area contributed by atoms with Gasteiger partial charge in [-0.3, -0.25) is 0 Å². The van der Waals surface area contributed by atoms with Gasteiger partial charge in [0.15, 0.2) is 0 Å². The van der Waals surface area contributed by atoms with Crippen LogP contribution in [-0.2, 0) is 10.9 Å². The number of ether oxygens (including phenoxy) is 1. The van der Waals surface area contributed by atoms with Crippen molar-refractivity contribution >= 4 is 12.0 Å². The zero-order valence-electron chi connectivity index (χ0n) is 14.4. The Labute approximate surface area is 144 Å². The summed E-state index contributed by atoms with van der Waals surface area (Å²) in [7, 11) is 0. The summed E-state index contributed by atoms with van der Waals surface area (Å²) in [4.78, 5) is 23.7. The molecule has 9 heteroatoms. The summed E-state index contributed by atoms with van der Waals surface area (Å²) in [6.07, 6.45) is -1.52. The highest BCUT2D eigenvalue weighted by Crippen LogP contribution is 2.34. The summed E-state index contributed by atoms with van der Waals surface area (Å²) in [5.41, 5.74) is -1.43. The van der Waals surface area contributed by atoms with Gasteiger partial charge in [-0.2, -0.15) is 13.2 Å². The normalized spacial score (nSPS) is 23.8. The molecule has 2 bridgehead atoms. The second kappa shape index (κ2) is 6.03. The molecule has 3 rings (SSSR count). The SMILES string of the molecule is CC(C)(C)OC(=O)N1CC2CCC(C1)N2c1ncc(C(F)(F)F)cn1. The van der Waals surface area contributed by atoms with Crippen molar-refractivity contribution in [1.82, 2.24) is 14.9 Å². The lowest BCUT2D eigenvalue weighted by Crippen LogP contribution is -2.56. The third kappa shape index (κ3) is 3.80. The van der Waals surface area contributed by atoms with Crippen molar-refractivity contribution in [3.63, 3.8) is 0 Å². The van der Waals surface area contributed by atoms with Gasteiger partial charge in [0.1, 0.15) is 5.60 Å². The highest BCUT2D eigenvalue weighted by atomic mass is 19.4. The lowest BCUT2D eigenvalue weighted by atomic mass is 10.2. The molecule has 25 heavy (non-hydrogen) atoms. The highest BCUT2D eigenvalue weighted by Gasteiger charge is 2.44. The van der Waals surface area contributed by atoms with Gasteiger partial charge in [-0.15, -0.1) is 0 Å². The Kier molecular flexibility index (Phi) is 4.28. The number of alkyl halides is 3. The molecule has 2 atom stereocenters. The number of piperazine rings is 1. The fourth-order valence-corrected chi connectivity index (χ4v) is 3.31. The molecule has 138 valence electrons. The maximum absolute atomic E-state index is 12.7. The lowest BCUT2D eigenvalue weighted by Gasteiger charge is -2.41. The van der Waals surface area contributed by atoms with Crippen LogP contribution >= 0.6 is 0 Å². The minimum atomic E-state index is -4.45. The van der Waals surface area contributed by atoms with Crippen molar-refractivity contribution in [2.45, 2.75) is 57.5 Å². The summed E-state index contributed by atoms with van der Waals surface area (Å²) >= 11 is 0. The van der Waals surface area contributed by atoms with Gasteiger partial charge in [-0.25, -0.2) is 14.8 Å². The number of nitrogens with zero attached hydrogens (tertiary/aromatic N) is 4. The Morgan fingerprint density at radius 2 is 1.64 bits per heavy atom. The monoisotopic (exact) mass is 358 g/mol. The molecular weight excluding hydrogens is 337 g/mol. The van der Waals surface area contributed by atoms with Crippen LogP contribution in [0.3, 0.4) is 0 Å². The second-order valence-electron chi connectivity index (χ2n) is 7.45. The Balaban J connectivity index is 1.72. The molecule has 2 aliphatic rings. The average Bonchev–Trinajstić information content (AvgIpc) is 2.74. The standard InChI is InChI=1S/C16H21F3N4O2/c1-15(2,3)25-14(24)22-8-11-4-5-12(9-22)23(11)13-20-6-10(7-21-13)16(17,18)19/h6-7,11-12H,4-5,8-9H2,1-3H3. The van der Waals surface area contributed by atoms with E-state index in [0.29, 0.717) is 13.1 Å². The Morgan fingerprint density at radius 3 is 2.08 bits per heavy atom. The van der Waals surface area contributed by atoms with E-state index >= 15 is 0 Å². The fourth-order valence-electron chi connectivity index (χ4n) is 3.31. The van der Waals surface area contributed by atoms with Crippen molar-refractivity contribution in [3.05, 3.63) is 18.0 Å². The molecule has 1 aromatic heterocycles. The number of carbonyl (C=O) groups is 1. The van der Waals surface area contributed by atoms with Crippen LogP contribution in [-0.4, -0.2) is 51.7 Å². The van der Waals surface area contributed by atoms with Crippen molar-refractivity contribution in [1.29, 1.82) is 0 Å². The van der Waals surface area contributed by atoms with Gasteiger partial charge >= 0.3 is 12.3 Å². The highest BCUT2D eigenvalue weighted by molar-refractivity contribution is 5.69. The largest absolute Gasteiger partial charge is 0.444 e. The summed E-state index contributed by atoms with van der Waals surface area (Å²) in [5.74, 6) is 0.282. The molecule has 1 aromatic rings.